The van der Waals surface area contributed by atoms with Crippen molar-refractivity contribution in [3.8, 4) is 5.75 Å². The molecule has 1 aliphatic rings. The number of benzene rings is 1. The highest BCUT2D eigenvalue weighted by Crippen LogP contribution is 2.28. The largest absolute Gasteiger partial charge is 0.497 e. The molecule has 0 spiro atoms. The lowest BCUT2D eigenvalue weighted by atomic mass is 10.0. The summed E-state index contributed by atoms with van der Waals surface area (Å²) in [5.41, 5.74) is 2.36. The summed E-state index contributed by atoms with van der Waals surface area (Å²) in [5, 5.41) is 4.31. The van der Waals surface area contributed by atoms with Crippen molar-refractivity contribution in [1.29, 1.82) is 0 Å². The first-order valence-corrected chi connectivity index (χ1v) is 7.92. The molecule has 1 aromatic rings. The standard InChI is InChI=1S/C17H25ClN2O/c1-13(2)6-9-20-10-7-14(8-11-20)19-17-12-15(21-3)4-5-16(17)18/h4-6,12,14,19H,7-11H2,1-3H3. The smallest absolute Gasteiger partial charge is 0.121 e. The molecule has 0 aliphatic carbocycles. The van der Waals surface area contributed by atoms with Crippen LogP contribution in [0.2, 0.25) is 5.02 Å². The normalized spacial score (nSPS) is 16.6. The minimum atomic E-state index is 0.484. The van der Waals surface area contributed by atoms with Gasteiger partial charge in [0.05, 0.1) is 17.8 Å². The summed E-state index contributed by atoms with van der Waals surface area (Å²) in [6.45, 7) is 7.62. The molecule has 1 fully saturated rings. The van der Waals surface area contributed by atoms with E-state index < -0.39 is 0 Å². The average molecular weight is 309 g/mol. The van der Waals surface area contributed by atoms with Gasteiger partial charge in [0.25, 0.3) is 0 Å². The number of allylic oxidation sites excluding steroid dienone is 1. The van der Waals surface area contributed by atoms with Crippen molar-refractivity contribution in [3.05, 3.63) is 34.9 Å². The van der Waals surface area contributed by atoms with Crippen LogP contribution >= 0.6 is 11.6 Å². The van der Waals surface area contributed by atoms with E-state index >= 15 is 0 Å². The summed E-state index contributed by atoms with van der Waals surface area (Å²) in [7, 11) is 1.68. The van der Waals surface area contributed by atoms with E-state index in [1.54, 1.807) is 7.11 Å². The first-order chi connectivity index (χ1) is 10.1. The van der Waals surface area contributed by atoms with Gasteiger partial charge in [-0.3, -0.25) is 4.90 Å². The van der Waals surface area contributed by atoms with Gasteiger partial charge in [-0.15, -0.1) is 0 Å². The van der Waals surface area contributed by atoms with Crippen molar-refractivity contribution in [1.82, 2.24) is 4.90 Å². The molecule has 1 heterocycles. The van der Waals surface area contributed by atoms with Gasteiger partial charge < -0.3 is 10.1 Å². The van der Waals surface area contributed by atoms with Crippen LogP contribution < -0.4 is 10.1 Å². The number of hydrogen-bond donors (Lipinski definition) is 1. The van der Waals surface area contributed by atoms with Gasteiger partial charge in [0.15, 0.2) is 0 Å². The molecule has 1 aromatic carbocycles. The predicted octanol–water partition coefficient (Wildman–Crippen LogP) is 4.19. The lowest BCUT2D eigenvalue weighted by Crippen LogP contribution is -2.39. The molecule has 0 bridgehead atoms. The summed E-state index contributed by atoms with van der Waals surface area (Å²) in [4.78, 5) is 2.50. The maximum absolute atomic E-state index is 6.25. The Morgan fingerprint density at radius 3 is 2.71 bits per heavy atom. The zero-order chi connectivity index (χ0) is 15.2. The zero-order valence-corrected chi connectivity index (χ0v) is 13.9. The van der Waals surface area contributed by atoms with Gasteiger partial charge in [-0.25, -0.2) is 0 Å². The van der Waals surface area contributed by atoms with Crippen LogP contribution in [-0.2, 0) is 0 Å². The van der Waals surface area contributed by atoms with Crippen molar-refractivity contribution >= 4 is 17.3 Å². The Balaban J connectivity index is 1.87. The molecule has 0 aromatic heterocycles. The molecular formula is C17H25ClN2O. The number of likely N-dealkylation sites (tertiary alicyclic amines) is 1. The van der Waals surface area contributed by atoms with Gasteiger partial charge >= 0.3 is 0 Å². The van der Waals surface area contributed by atoms with E-state index in [1.807, 2.05) is 18.2 Å². The number of hydrogen-bond acceptors (Lipinski definition) is 3. The van der Waals surface area contributed by atoms with Crippen LogP contribution in [0.5, 0.6) is 5.75 Å². The topological polar surface area (TPSA) is 24.5 Å². The number of halogens is 1. The summed E-state index contributed by atoms with van der Waals surface area (Å²) >= 11 is 6.25. The molecule has 2 rings (SSSR count). The van der Waals surface area contributed by atoms with Gasteiger partial charge in [-0.1, -0.05) is 23.3 Å². The molecule has 116 valence electrons. The van der Waals surface area contributed by atoms with Gasteiger partial charge in [0, 0.05) is 31.7 Å². The maximum Gasteiger partial charge on any atom is 0.121 e. The van der Waals surface area contributed by atoms with E-state index in [0.29, 0.717) is 6.04 Å². The van der Waals surface area contributed by atoms with Crippen molar-refractivity contribution in [3.63, 3.8) is 0 Å². The number of nitrogens with zero attached hydrogens (tertiary/aromatic N) is 1. The number of methoxy groups -OCH3 is 1. The zero-order valence-electron chi connectivity index (χ0n) is 13.2. The number of rotatable bonds is 5. The van der Waals surface area contributed by atoms with Gasteiger partial charge in [0.2, 0.25) is 0 Å². The maximum atomic E-state index is 6.25. The molecule has 0 saturated carbocycles. The third kappa shape index (κ3) is 4.94. The molecule has 21 heavy (non-hydrogen) atoms. The van der Waals surface area contributed by atoms with E-state index in [2.05, 4.69) is 30.1 Å². The lowest BCUT2D eigenvalue weighted by Gasteiger charge is -2.32. The number of nitrogens with one attached hydrogen (secondary N) is 1. The summed E-state index contributed by atoms with van der Waals surface area (Å²) in [6.07, 6.45) is 4.58. The van der Waals surface area contributed by atoms with Crippen molar-refractivity contribution in [2.24, 2.45) is 0 Å². The predicted molar refractivity (Wildman–Crippen MR) is 90.5 cm³/mol. The fraction of sp³-hybridized carbons (Fsp3) is 0.529. The average Bonchev–Trinajstić information content (AvgIpc) is 2.48. The highest BCUT2D eigenvalue weighted by Gasteiger charge is 2.19. The van der Waals surface area contributed by atoms with Crippen LogP contribution in [0.25, 0.3) is 0 Å². The van der Waals surface area contributed by atoms with Crippen LogP contribution in [0.15, 0.2) is 29.8 Å². The molecule has 1 aliphatic heterocycles. The number of anilines is 1. The highest BCUT2D eigenvalue weighted by molar-refractivity contribution is 6.33. The Morgan fingerprint density at radius 2 is 2.10 bits per heavy atom. The Morgan fingerprint density at radius 1 is 1.38 bits per heavy atom. The third-order valence-corrected chi connectivity index (χ3v) is 4.21. The molecule has 0 atom stereocenters. The third-order valence-electron chi connectivity index (χ3n) is 3.88. The van der Waals surface area contributed by atoms with Crippen LogP contribution in [0.3, 0.4) is 0 Å². The Hall–Kier alpha value is -1.19. The fourth-order valence-electron chi connectivity index (χ4n) is 2.53. The van der Waals surface area contributed by atoms with Crippen molar-refractivity contribution in [2.75, 3.05) is 32.1 Å². The van der Waals surface area contributed by atoms with Crippen molar-refractivity contribution in [2.45, 2.75) is 32.7 Å². The van der Waals surface area contributed by atoms with Crippen LogP contribution in [0, 0.1) is 0 Å². The Labute approximate surface area is 132 Å². The van der Waals surface area contributed by atoms with E-state index in [9.17, 15) is 0 Å². The first-order valence-electron chi connectivity index (χ1n) is 7.54. The van der Waals surface area contributed by atoms with Gasteiger partial charge in [0.1, 0.15) is 5.75 Å². The minimum absolute atomic E-state index is 0.484. The summed E-state index contributed by atoms with van der Waals surface area (Å²) in [6, 6.07) is 6.22. The summed E-state index contributed by atoms with van der Waals surface area (Å²) in [5.74, 6) is 0.836. The second kappa shape index (κ2) is 7.71. The van der Waals surface area contributed by atoms with E-state index in [1.165, 1.54) is 5.57 Å². The van der Waals surface area contributed by atoms with Gasteiger partial charge in [-0.2, -0.15) is 0 Å². The second-order valence-electron chi connectivity index (χ2n) is 5.85. The van der Waals surface area contributed by atoms with Crippen LogP contribution in [0.1, 0.15) is 26.7 Å². The molecule has 1 saturated heterocycles. The lowest BCUT2D eigenvalue weighted by molar-refractivity contribution is 0.240. The molecule has 0 radical (unpaired) electrons. The van der Waals surface area contributed by atoms with Gasteiger partial charge in [-0.05, 0) is 38.8 Å². The Bertz CT molecular complexity index is 490. The van der Waals surface area contributed by atoms with Crippen LogP contribution in [0.4, 0.5) is 5.69 Å². The molecule has 0 amide bonds. The SMILES string of the molecule is COc1ccc(Cl)c(NC2CCN(CC=C(C)C)CC2)c1. The van der Waals surface area contributed by atoms with E-state index in [4.69, 9.17) is 16.3 Å². The molecule has 1 N–H and O–H groups in total. The fourth-order valence-corrected chi connectivity index (χ4v) is 2.71. The molecular weight excluding hydrogens is 284 g/mol. The summed E-state index contributed by atoms with van der Waals surface area (Å²) < 4.78 is 5.26. The monoisotopic (exact) mass is 308 g/mol. The second-order valence-corrected chi connectivity index (χ2v) is 6.25. The Kier molecular flexibility index (Phi) is 5.95. The van der Waals surface area contributed by atoms with Crippen molar-refractivity contribution < 1.29 is 4.74 Å². The number of ether oxygens (including phenoxy) is 1. The van der Waals surface area contributed by atoms with Crippen LogP contribution in [-0.4, -0.2) is 37.7 Å². The first kappa shape index (κ1) is 16.2. The molecule has 0 unspecified atom stereocenters. The molecule has 3 nitrogen and oxygen atoms in total. The van der Waals surface area contributed by atoms with E-state index in [-0.39, 0.29) is 0 Å². The van der Waals surface area contributed by atoms with E-state index in [0.717, 1.165) is 48.9 Å². The highest BCUT2D eigenvalue weighted by atomic mass is 35.5. The number of piperidine rings is 1. The quantitative estimate of drug-likeness (QED) is 0.825. The minimum Gasteiger partial charge on any atom is -0.497 e. The molecule has 4 heteroatoms.